The van der Waals surface area contributed by atoms with Gasteiger partial charge in [0.25, 0.3) is 11.6 Å². The second kappa shape index (κ2) is 7.56. The summed E-state index contributed by atoms with van der Waals surface area (Å²) in [5.41, 5.74) is 0.217. The van der Waals surface area contributed by atoms with E-state index >= 15 is 0 Å². The van der Waals surface area contributed by atoms with E-state index in [1.807, 2.05) is 0 Å². The number of likely N-dealkylation sites (N-methyl/N-ethyl adjacent to an activating group) is 1. The number of nitrogens with zero attached hydrogens (tertiary/aromatic N) is 3. The average molecular weight is 348 g/mol. The summed E-state index contributed by atoms with van der Waals surface area (Å²) in [5, 5.41) is 13.1. The molecule has 132 valence electrons. The average Bonchev–Trinajstić information content (AvgIpc) is 2.96. The Morgan fingerprint density at radius 2 is 2.04 bits per heavy atom. The quantitative estimate of drug-likeness (QED) is 0.631. The van der Waals surface area contributed by atoms with E-state index in [2.05, 4.69) is 5.32 Å². The van der Waals surface area contributed by atoms with Crippen molar-refractivity contribution in [3.8, 4) is 0 Å². The van der Waals surface area contributed by atoms with Gasteiger partial charge in [0, 0.05) is 32.3 Å². The third-order valence-corrected chi connectivity index (χ3v) is 3.63. The van der Waals surface area contributed by atoms with Gasteiger partial charge in [0.15, 0.2) is 0 Å². The third-order valence-electron chi connectivity index (χ3n) is 3.63. The molecule has 1 aromatic heterocycles. The number of carbonyl (C=O) groups excluding carboxylic acids is 2. The molecule has 1 heterocycles. The van der Waals surface area contributed by atoms with Gasteiger partial charge in [-0.2, -0.15) is 0 Å². The summed E-state index contributed by atoms with van der Waals surface area (Å²) >= 11 is 0. The van der Waals surface area contributed by atoms with E-state index in [0.717, 1.165) is 6.07 Å². The Kier molecular flexibility index (Phi) is 5.48. The van der Waals surface area contributed by atoms with E-state index in [1.54, 1.807) is 18.2 Å². The largest absolute Gasteiger partial charge is 0.342 e. The Hall–Kier alpha value is -3.23. The van der Waals surface area contributed by atoms with Gasteiger partial charge in [0.05, 0.1) is 17.7 Å². The lowest BCUT2D eigenvalue weighted by Gasteiger charge is -2.18. The monoisotopic (exact) mass is 348 g/mol. The molecule has 0 atom stereocenters. The van der Waals surface area contributed by atoms with Crippen LogP contribution in [0.3, 0.4) is 0 Å². The Morgan fingerprint density at radius 3 is 2.64 bits per heavy atom. The molecule has 8 nitrogen and oxygen atoms in total. The van der Waals surface area contributed by atoms with Crippen LogP contribution >= 0.6 is 0 Å². The van der Waals surface area contributed by atoms with Gasteiger partial charge in [0.2, 0.25) is 5.91 Å². The zero-order valence-electron chi connectivity index (χ0n) is 13.7. The lowest BCUT2D eigenvalue weighted by atomic mass is 10.2. The molecule has 0 spiro atoms. The number of nitrogens with one attached hydrogen (secondary N) is 1. The molecule has 1 aromatic carbocycles. The van der Waals surface area contributed by atoms with E-state index in [4.69, 9.17) is 0 Å². The molecule has 2 rings (SSSR count). The highest BCUT2D eigenvalue weighted by molar-refractivity contribution is 5.95. The van der Waals surface area contributed by atoms with Crippen LogP contribution in [0.4, 0.5) is 10.1 Å². The summed E-state index contributed by atoms with van der Waals surface area (Å²) < 4.78 is 14.9. The molecule has 0 saturated heterocycles. The van der Waals surface area contributed by atoms with Crippen LogP contribution < -0.4 is 5.32 Å². The molecule has 0 unspecified atom stereocenters. The van der Waals surface area contributed by atoms with Gasteiger partial charge in [0.1, 0.15) is 11.5 Å². The summed E-state index contributed by atoms with van der Waals surface area (Å²) in [6.45, 7) is -0.236. The van der Waals surface area contributed by atoms with Crippen molar-refractivity contribution in [2.75, 3.05) is 13.6 Å². The summed E-state index contributed by atoms with van der Waals surface area (Å²) in [6.07, 6.45) is 1.21. The second-order valence-electron chi connectivity index (χ2n) is 5.48. The highest BCUT2D eigenvalue weighted by atomic mass is 19.1. The Bertz CT molecular complexity index is 818. The van der Waals surface area contributed by atoms with Crippen molar-refractivity contribution in [2.24, 2.45) is 7.05 Å². The molecule has 9 heteroatoms. The number of rotatable bonds is 6. The first-order valence-corrected chi connectivity index (χ1v) is 7.36. The van der Waals surface area contributed by atoms with Crippen molar-refractivity contribution in [2.45, 2.75) is 6.54 Å². The fraction of sp³-hybridized carbons (Fsp3) is 0.250. The Balaban J connectivity index is 1.94. The maximum absolute atomic E-state index is 13.6. The number of carbonyl (C=O) groups is 2. The van der Waals surface area contributed by atoms with Crippen LogP contribution in [0.25, 0.3) is 0 Å². The summed E-state index contributed by atoms with van der Waals surface area (Å²) in [4.78, 5) is 35.5. The SMILES string of the molecule is CN(Cc1ccccc1F)C(=O)CNC(=O)c1cc([N+](=O)[O-])cn1C. The van der Waals surface area contributed by atoms with E-state index < -0.39 is 22.6 Å². The van der Waals surface area contributed by atoms with Crippen LogP contribution in [-0.4, -0.2) is 39.8 Å². The smallest absolute Gasteiger partial charge is 0.287 e. The number of halogens is 1. The molecule has 1 N–H and O–H groups in total. The van der Waals surface area contributed by atoms with Gasteiger partial charge in [-0.3, -0.25) is 19.7 Å². The van der Waals surface area contributed by atoms with Gasteiger partial charge in [-0.05, 0) is 6.07 Å². The topological polar surface area (TPSA) is 97.5 Å². The van der Waals surface area contributed by atoms with E-state index in [0.29, 0.717) is 5.56 Å². The number of hydrogen-bond donors (Lipinski definition) is 1. The van der Waals surface area contributed by atoms with Gasteiger partial charge in [-0.15, -0.1) is 0 Å². The van der Waals surface area contributed by atoms with Crippen molar-refractivity contribution < 1.29 is 18.9 Å². The molecule has 0 aliphatic rings. The molecule has 2 aromatic rings. The maximum atomic E-state index is 13.6. The van der Waals surface area contributed by atoms with Gasteiger partial charge < -0.3 is 14.8 Å². The lowest BCUT2D eigenvalue weighted by Crippen LogP contribution is -2.38. The molecule has 25 heavy (non-hydrogen) atoms. The van der Waals surface area contributed by atoms with E-state index in [-0.39, 0.29) is 24.5 Å². The summed E-state index contributed by atoms with van der Waals surface area (Å²) in [6, 6.07) is 7.22. The molecule has 0 aliphatic carbocycles. The van der Waals surface area contributed by atoms with Crippen LogP contribution in [0.5, 0.6) is 0 Å². The molecular weight excluding hydrogens is 331 g/mol. The van der Waals surface area contributed by atoms with Crippen molar-refractivity contribution in [1.29, 1.82) is 0 Å². The van der Waals surface area contributed by atoms with Crippen LogP contribution in [0.2, 0.25) is 0 Å². The first-order chi connectivity index (χ1) is 11.8. The number of nitro groups is 1. The number of aromatic nitrogens is 1. The maximum Gasteiger partial charge on any atom is 0.287 e. The van der Waals surface area contributed by atoms with Crippen LogP contribution in [0.15, 0.2) is 36.5 Å². The lowest BCUT2D eigenvalue weighted by molar-refractivity contribution is -0.384. The minimum Gasteiger partial charge on any atom is -0.342 e. The normalized spacial score (nSPS) is 10.4. The Labute approximate surface area is 143 Å². The zero-order valence-corrected chi connectivity index (χ0v) is 13.7. The van der Waals surface area contributed by atoms with Crippen LogP contribution in [-0.2, 0) is 18.4 Å². The summed E-state index contributed by atoms with van der Waals surface area (Å²) in [7, 11) is 2.99. The van der Waals surface area contributed by atoms with Crippen molar-refractivity contribution in [3.05, 3.63) is 63.7 Å². The molecule has 0 radical (unpaired) electrons. The number of benzene rings is 1. The van der Waals surface area contributed by atoms with Gasteiger partial charge in [-0.1, -0.05) is 18.2 Å². The molecule has 0 aliphatic heterocycles. The summed E-state index contributed by atoms with van der Waals surface area (Å²) in [5.74, 6) is -1.44. The first kappa shape index (κ1) is 18.1. The Morgan fingerprint density at radius 1 is 1.36 bits per heavy atom. The molecule has 0 bridgehead atoms. The third kappa shape index (κ3) is 4.40. The van der Waals surface area contributed by atoms with E-state index in [1.165, 1.54) is 35.8 Å². The standard InChI is InChI=1S/C16H17FN4O4/c1-19-10-12(21(24)25)7-14(19)16(23)18-8-15(22)20(2)9-11-5-3-4-6-13(11)17/h3-7,10H,8-9H2,1-2H3,(H,18,23). The number of hydrogen-bond acceptors (Lipinski definition) is 4. The molecule has 2 amide bonds. The van der Waals surface area contributed by atoms with Gasteiger partial charge in [-0.25, -0.2) is 4.39 Å². The molecular formula is C16H17FN4O4. The van der Waals surface area contributed by atoms with Crippen molar-refractivity contribution in [3.63, 3.8) is 0 Å². The van der Waals surface area contributed by atoms with Crippen molar-refractivity contribution in [1.82, 2.24) is 14.8 Å². The van der Waals surface area contributed by atoms with Crippen molar-refractivity contribution >= 4 is 17.5 Å². The number of amides is 2. The second-order valence-corrected chi connectivity index (χ2v) is 5.48. The minimum absolute atomic E-state index is 0.0660. The van der Waals surface area contributed by atoms with Gasteiger partial charge >= 0.3 is 0 Å². The van der Waals surface area contributed by atoms with Crippen LogP contribution in [0.1, 0.15) is 16.1 Å². The highest BCUT2D eigenvalue weighted by Gasteiger charge is 2.19. The molecule has 0 saturated carbocycles. The predicted molar refractivity (Wildman–Crippen MR) is 87.3 cm³/mol. The zero-order chi connectivity index (χ0) is 18.6. The minimum atomic E-state index is -0.608. The fourth-order valence-electron chi connectivity index (χ4n) is 2.22. The molecule has 0 fully saturated rings. The predicted octanol–water partition coefficient (Wildman–Crippen LogP) is 1.46. The van der Waals surface area contributed by atoms with E-state index in [9.17, 15) is 24.1 Å². The highest BCUT2D eigenvalue weighted by Crippen LogP contribution is 2.15. The number of aryl methyl sites for hydroxylation is 1. The first-order valence-electron chi connectivity index (χ1n) is 7.36. The fourth-order valence-corrected chi connectivity index (χ4v) is 2.22. The van der Waals surface area contributed by atoms with Crippen LogP contribution in [0, 0.1) is 15.9 Å².